The molecule has 0 bridgehead atoms. The zero-order valence-electron chi connectivity index (χ0n) is 8.65. The van der Waals surface area contributed by atoms with Crippen molar-refractivity contribution in [3.63, 3.8) is 0 Å². The van der Waals surface area contributed by atoms with E-state index in [1.807, 2.05) is 26.0 Å². The van der Waals surface area contributed by atoms with Gasteiger partial charge in [-0.25, -0.2) is 4.79 Å². The largest absolute Gasteiger partial charge is 0.446 e. The molecule has 0 N–H and O–H groups in total. The highest BCUT2D eigenvalue weighted by Crippen LogP contribution is 2.12. The van der Waals surface area contributed by atoms with Crippen molar-refractivity contribution in [1.82, 2.24) is 0 Å². The molecule has 0 aliphatic heterocycles. The van der Waals surface area contributed by atoms with E-state index in [-0.39, 0.29) is 12.2 Å². The third-order valence-corrected chi connectivity index (χ3v) is 1.69. The summed E-state index contributed by atoms with van der Waals surface area (Å²) in [5, 5.41) is 0. The van der Waals surface area contributed by atoms with E-state index in [4.69, 9.17) is 4.74 Å². The van der Waals surface area contributed by atoms with Crippen LogP contribution in [0.5, 0.6) is 0 Å². The smallest absolute Gasteiger partial charge is 0.414 e. The van der Waals surface area contributed by atoms with E-state index < -0.39 is 0 Å². The first-order chi connectivity index (χ1) is 6.61. The van der Waals surface area contributed by atoms with E-state index in [0.717, 1.165) is 5.69 Å². The third kappa shape index (κ3) is 2.76. The van der Waals surface area contributed by atoms with Crippen molar-refractivity contribution < 1.29 is 9.53 Å². The molecular weight excluding hydrogens is 178 g/mol. The Bertz CT molecular complexity index is 295. The molecule has 0 aliphatic rings. The Morgan fingerprint density at radius 2 is 2.29 bits per heavy atom. The first-order valence-electron chi connectivity index (χ1n) is 4.51. The highest BCUT2D eigenvalue weighted by atomic mass is 16.6. The van der Waals surface area contributed by atoms with Gasteiger partial charge in [0.2, 0.25) is 0 Å². The summed E-state index contributed by atoms with van der Waals surface area (Å²) in [5.74, 6) is 0. The minimum absolute atomic E-state index is 0.0994. The lowest BCUT2D eigenvalue weighted by Gasteiger charge is -2.18. The van der Waals surface area contributed by atoms with E-state index in [9.17, 15) is 4.79 Å². The predicted molar refractivity (Wildman–Crippen MR) is 55.3 cm³/mol. The summed E-state index contributed by atoms with van der Waals surface area (Å²) < 4.78 is 5.04. The Morgan fingerprint density at radius 1 is 1.57 bits per heavy atom. The topological polar surface area (TPSA) is 29.5 Å². The molecule has 0 atom stereocenters. The fraction of sp³-hybridized carbons (Fsp3) is 0.364. The predicted octanol–water partition coefficient (Wildman–Crippen LogP) is 2.47. The lowest BCUT2D eigenvalue weighted by Crippen LogP contribution is -2.29. The first kappa shape index (κ1) is 10.6. The molecule has 75 valence electrons. The van der Waals surface area contributed by atoms with Crippen LogP contribution >= 0.6 is 0 Å². The van der Waals surface area contributed by atoms with Gasteiger partial charge in [0, 0.05) is 12.7 Å². The molecule has 1 rings (SSSR count). The minimum Gasteiger partial charge on any atom is -0.446 e. The van der Waals surface area contributed by atoms with E-state index in [0.29, 0.717) is 0 Å². The van der Waals surface area contributed by atoms with Gasteiger partial charge in [0.05, 0.1) is 6.10 Å². The molecule has 0 spiro atoms. The van der Waals surface area contributed by atoms with Crippen molar-refractivity contribution in [2.45, 2.75) is 20.0 Å². The summed E-state index contributed by atoms with van der Waals surface area (Å²) in [4.78, 5) is 12.9. The second-order valence-corrected chi connectivity index (χ2v) is 3.25. The van der Waals surface area contributed by atoms with Crippen LogP contribution in [0.1, 0.15) is 13.8 Å². The van der Waals surface area contributed by atoms with Crippen molar-refractivity contribution in [1.29, 1.82) is 0 Å². The molecule has 0 aliphatic carbocycles. The average molecular weight is 192 g/mol. The Hall–Kier alpha value is -1.51. The van der Waals surface area contributed by atoms with Crippen LogP contribution in [0, 0.1) is 6.07 Å². The van der Waals surface area contributed by atoms with Crippen LogP contribution < -0.4 is 4.90 Å². The maximum atomic E-state index is 11.4. The number of nitrogens with zero attached hydrogens (tertiary/aromatic N) is 1. The molecule has 1 aromatic carbocycles. The molecule has 0 saturated heterocycles. The van der Waals surface area contributed by atoms with E-state index >= 15 is 0 Å². The van der Waals surface area contributed by atoms with Gasteiger partial charge in [-0.1, -0.05) is 12.1 Å². The number of amides is 1. The number of carbonyl (C=O) groups is 1. The van der Waals surface area contributed by atoms with Gasteiger partial charge in [-0.15, -0.1) is 0 Å². The summed E-state index contributed by atoms with van der Waals surface area (Å²) in [6.45, 7) is 3.64. The van der Waals surface area contributed by atoms with E-state index in [1.165, 1.54) is 4.90 Å². The minimum atomic E-state index is -0.348. The molecule has 3 heteroatoms. The van der Waals surface area contributed by atoms with Gasteiger partial charge in [-0.05, 0) is 32.0 Å². The molecule has 1 radical (unpaired) electrons. The quantitative estimate of drug-likeness (QED) is 0.720. The highest BCUT2D eigenvalue weighted by molar-refractivity contribution is 5.86. The molecule has 0 saturated carbocycles. The van der Waals surface area contributed by atoms with Crippen LogP contribution in [0.4, 0.5) is 10.5 Å². The zero-order valence-corrected chi connectivity index (χ0v) is 8.65. The van der Waals surface area contributed by atoms with Gasteiger partial charge >= 0.3 is 6.09 Å². The number of carbonyl (C=O) groups excluding carboxylic acids is 1. The monoisotopic (exact) mass is 192 g/mol. The molecular formula is C11H14NO2. The number of hydrogen-bond donors (Lipinski definition) is 0. The van der Waals surface area contributed by atoms with Crippen molar-refractivity contribution in [3.8, 4) is 0 Å². The van der Waals surface area contributed by atoms with Gasteiger partial charge < -0.3 is 4.74 Å². The van der Waals surface area contributed by atoms with Gasteiger partial charge in [-0.3, -0.25) is 4.90 Å². The van der Waals surface area contributed by atoms with Crippen LogP contribution in [0.2, 0.25) is 0 Å². The highest BCUT2D eigenvalue weighted by Gasteiger charge is 2.12. The Kier molecular flexibility index (Phi) is 3.51. The van der Waals surface area contributed by atoms with Crippen LogP contribution in [-0.2, 0) is 4.74 Å². The first-order valence-corrected chi connectivity index (χ1v) is 4.51. The van der Waals surface area contributed by atoms with E-state index in [1.54, 1.807) is 19.2 Å². The van der Waals surface area contributed by atoms with Crippen LogP contribution in [0.15, 0.2) is 24.3 Å². The van der Waals surface area contributed by atoms with Crippen molar-refractivity contribution >= 4 is 11.8 Å². The third-order valence-electron chi connectivity index (χ3n) is 1.69. The Balaban J connectivity index is 2.66. The summed E-state index contributed by atoms with van der Waals surface area (Å²) in [6, 6.07) is 10.1. The number of ether oxygens (including phenoxy) is 1. The van der Waals surface area contributed by atoms with Crippen molar-refractivity contribution in [3.05, 3.63) is 30.3 Å². The fourth-order valence-corrected chi connectivity index (χ4v) is 0.979. The molecule has 1 aromatic rings. The molecule has 0 heterocycles. The Labute approximate surface area is 84.3 Å². The van der Waals surface area contributed by atoms with Gasteiger partial charge in [-0.2, -0.15) is 0 Å². The Morgan fingerprint density at radius 3 is 2.79 bits per heavy atom. The number of rotatable bonds is 2. The summed E-state index contributed by atoms with van der Waals surface area (Å²) in [6.07, 6.45) is -0.447. The number of benzene rings is 1. The molecule has 14 heavy (non-hydrogen) atoms. The zero-order chi connectivity index (χ0) is 10.6. The van der Waals surface area contributed by atoms with Crippen LogP contribution in [0.3, 0.4) is 0 Å². The second-order valence-electron chi connectivity index (χ2n) is 3.25. The van der Waals surface area contributed by atoms with Crippen LogP contribution in [0.25, 0.3) is 0 Å². The van der Waals surface area contributed by atoms with Crippen LogP contribution in [-0.4, -0.2) is 19.2 Å². The van der Waals surface area contributed by atoms with Gasteiger partial charge in [0.25, 0.3) is 0 Å². The summed E-state index contributed by atoms with van der Waals surface area (Å²) >= 11 is 0. The van der Waals surface area contributed by atoms with Gasteiger partial charge in [0.1, 0.15) is 0 Å². The average Bonchev–Trinajstić information content (AvgIpc) is 2.17. The molecule has 1 amide bonds. The van der Waals surface area contributed by atoms with E-state index in [2.05, 4.69) is 6.07 Å². The molecule has 0 unspecified atom stereocenters. The maximum Gasteiger partial charge on any atom is 0.414 e. The summed E-state index contributed by atoms with van der Waals surface area (Å²) in [7, 11) is 1.67. The fourth-order valence-electron chi connectivity index (χ4n) is 0.979. The van der Waals surface area contributed by atoms with Crippen molar-refractivity contribution in [2.75, 3.05) is 11.9 Å². The number of anilines is 1. The molecule has 0 aromatic heterocycles. The van der Waals surface area contributed by atoms with Crippen molar-refractivity contribution in [2.24, 2.45) is 0 Å². The standard InChI is InChI=1S/C11H14NO2/c1-9(2)14-11(13)12(3)10-7-5-4-6-8-10/h4-5,7-9H,1-3H3. The SMILES string of the molecule is CC(C)OC(=O)N(C)c1c[c]ccc1. The van der Waals surface area contributed by atoms with Gasteiger partial charge in [0.15, 0.2) is 0 Å². The normalized spacial score (nSPS) is 10.0. The lowest BCUT2D eigenvalue weighted by atomic mass is 10.3. The maximum absolute atomic E-state index is 11.4. The second kappa shape index (κ2) is 4.65. The lowest BCUT2D eigenvalue weighted by molar-refractivity contribution is 0.124. The number of hydrogen-bond acceptors (Lipinski definition) is 2. The molecule has 3 nitrogen and oxygen atoms in total. The molecule has 0 fully saturated rings. The summed E-state index contributed by atoms with van der Waals surface area (Å²) in [5.41, 5.74) is 0.776.